The van der Waals surface area contributed by atoms with Crippen LogP contribution in [0.2, 0.25) is 0 Å². The minimum Gasteiger partial charge on any atom is -0.399 e. The molecule has 2 rings (SSSR count). The van der Waals surface area contributed by atoms with Crippen molar-refractivity contribution in [2.45, 2.75) is 6.54 Å². The summed E-state index contributed by atoms with van der Waals surface area (Å²) in [5.41, 5.74) is 8.69. The maximum Gasteiger partial charge on any atom is 0.253 e. The van der Waals surface area contributed by atoms with Crippen molar-refractivity contribution in [2.24, 2.45) is 7.05 Å². The van der Waals surface area contributed by atoms with Gasteiger partial charge < -0.3 is 16.0 Å². The summed E-state index contributed by atoms with van der Waals surface area (Å²) in [6.45, 7) is 0.439. The largest absolute Gasteiger partial charge is 0.399 e. The molecule has 0 unspecified atom stereocenters. The summed E-state index contributed by atoms with van der Waals surface area (Å²) in [4.78, 5) is 14.2. The third-order valence-corrected chi connectivity index (χ3v) is 2.96. The lowest BCUT2D eigenvalue weighted by atomic mass is 10.1. The van der Waals surface area contributed by atoms with Crippen LogP contribution in [0.1, 0.15) is 15.9 Å². The lowest BCUT2D eigenvalue weighted by Gasteiger charge is -2.17. The van der Waals surface area contributed by atoms with Crippen molar-refractivity contribution in [1.29, 1.82) is 0 Å². The molecule has 2 aromatic rings. The molecular formula is C14H19N5O. The Hall–Kier alpha value is -2.50. The van der Waals surface area contributed by atoms with Crippen molar-refractivity contribution in [3.63, 3.8) is 0 Å². The maximum atomic E-state index is 12.3. The van der Waals surface area contributed by atoms with Gasteiger partial charge >= 0.3 is 0 Å². The SMILES string of the molecule is CN(C)c1ccc(N)cc1C(=O)NCc1cnn(C)c1. The third-order valence-electron chi connectivity index (χ3n) is 2.96. The highest BCUT2D eigenvalue weighted by molar-refractivity contribution is 6.00. The number of aryl methyl sites for hydroxylation is 1. The molecule has 1 amide bonds. The predicted molar refractivity (Wildman–Crippen MR) is 79.6 cm³/mol. The summed E-state index contributed by atoms with van der Waals surface area (Å²) in [5, 5.41) is 6.94. The van der Waals surface area contributed by atoms with Gasteiger partial charge in [0.1, 0.15) is 0 Å². The fourth-order valence-electron chi connectivity index (χ4n) is 1.97. The molecule has 6 heteroatoms. The Morgan fingerprint density at radius 1 is 1.45 bits per heavy atom. The van der Waals surface area contributed by atoms with Gasteiger partial charge in [-0.25, -0.2) is 0 Å². The van der Waals surface area contributed by atoms with E-state index in [1.165, 1.54) is 0 Å². The normalized spacial score (nSPS) is 10.3. The van der Waals surface area contributed by atoms with Crippen molar-refractivity contribution in [2.75, 3.05) is 24.7 Å². The van der Waals surface area contributed by atoms with Crippen molar-refractivity contribution in [1.82, 2.24) is 15.1 Å². The minimum atomic E-state index is -0.148. The van der Waals surface area contributed by atoms with E-state index in [4.69, 9.17) is 5.73 Å². The van der Waals surface area contributed by atoms with Crippen molar-refractivity contribution in [3.8, 4) is 0 Å². The van der Waals surface area contributed by atoms with Crippen molar-refractivity contribution < 1.29 is 4.79 Å². The van der Waals surface area contributed by atoms with E-state index in [1.54, 1.807) is 23.0 Å². The van der Waals surface area contributed by atoms with E-state index in [1.807, 2.05) is 38.3 Å². The van der Waals surface area contributed by atoms with Gasteiger partial charge in [0, 0.05) is 50.8 Å². The Morgan fingerprint density at radius 2 is 2.20 bits per heavy atom. The molecule has 0 radical (unpaired) electrons. The van der Waals surface area contributed by atoms with Crippen LogP contribution in [0.3, 0.4) is 0 Å². The Morgan fingerprint density at radius 3 is 2.80 bits per heavy atom. The lowest BCUT2D eigenvalue weighted by Crippen LogP contribution is -2.25. The first-order valence-electron chi connectivity index (χ1n) is 6.30. The van der Waals surface area contributed by atoms with Gasteiger partial charge in [-0.05, 0) is 18.2 Å². The molecule has 1 aromatic carbocycles. The van der Waals surface area contributed by atoms with Crippen LogP contribution in [0.25, 0.3) is 0 Å². The van der Waals surface area contributed by atoms with Crippen LogP contribution >= 0.6 is 0 Å². The number of nitrogen functional groups attached to an aromatic ring is 1. The summed E-state index contributed by atoms with van der Waals surface area (Å²) in [7, 11) is 5.63. The van der Waals surface area contributed by atoms with Gasteiger partial charge in [-0.2, -0.15) is 5.10 Å². The molecule has 0 aliphatic rings. The van der Waals surface area contributed by atoms with Crippen LogP contribution in [-0.2, 0) is 13.6 Å². The molecule has 0 spiro atoms. The first-order chi connectivity index (χ1) is 9.47. The second kappa shape index (κ2) is 5.64. The number of anilines is 2. The first kappa shape index (κ1) is 13.9. The van der Waals surface area contributed by atoms with Crippen molar-refractivity contribution >= 4 is 17.3 Å². The van der Waals surface area contributed by atoms with Gasteiger partial charge in [0.05, 0.1) is 11.8 Å². The number of nitrogens with zero attached hydrogens (tertiary/aromatic N) is 3. The molecule has 106 valence electrons. The van der Waals surface area contributed by atoms with Crippen molar-refractivity contribution in [3.05, 3.63) is 41.7 Å². The number of hydrogen-bond acceptors (Lipinski definition) is 4. The number of carbonyl (C=O) groups is 1. The van der Waals surface area contributed by atoms with Gasteiger partial charge in [0.2, 0.25) is 0 Å². The summed E-state index contributed by atoms with van der Waals surface area (Å²) in [6, 6.07) is 5.31. The predicted octanol–water partition coefficient (Wildman–Crippen LogP) is 0.998. The average Bonchev–Trinajstić information content (AvgIpc) is 2.81. The maximum absolute atomic E-state index is 12.3. The molecule has 0 bridgehead atoms. The van der Waals surface area contributed by atoms with E-state index in [2.05, 4.69) is 10.4 Å². The molecule has 1 heterocycles. The number of benzene rings is 1. The summed E-state index contributed by atoms with van der Waals surface area (Å²) in [6.07, 6.45) is 3.60. The molecule has 0 atom stereocenters. The Bertz CT molecular complexity index is 618. The summed E-state index contributed by atoms with van der Waals surface area (Å²) < 4.78 is 1.70. The van der Waals surface area contributed by atoms with E-state index < -0.39 is 0 Å². The molecule has 0 saturated carbocycles. The van der Waals surface area contributed by atoms with Gasteiger partial charge in [-0.1, -0.05) is 0 Å². The van der Waals surface area contributed by atoms with Crippen LogP contribution in [0, 0.1) is 0 Å². The molecule has 0 fully saturated rings. The number of hydrogen-bond donors (Lipinski definition) is 2. The number of carbonyl (C=O) groups excluding carboxylic acids is 1. The smallest absolute Gasteiger partial charge is 0.253 e. The minimum absolute atomic E-state index is 0.148. The Labute approximate surface area is 118 Å². The highest BCUT2D eigenvalue weighted by atomic mass is 16.1. The lowest BCUT2D eigenvalue weighted by molar-refractivity contribution is 0.0951. The quantitative estimate of drug-likeness (QED) is 0.815. The fourth-order valence-corrected chi connectivity index (χ4v) is 1.97. The average molecular weight is 273 g/mol. The zero-order valence-electron chi connectivity index (χ0n) is 11.9. The molecule has 1 aromatic heterocycles. The topological polar surface area (TPSA) is 76.2 Å². The Kier molecular flexibility index (Phi) is 3.93. The number of nitrogens with one attached hydrogen (secondary N) is 1. The van der Waals surface area contributed by atoms with Crippen LogP contribution < -0.4 is 16.0 Å². The third kappa shape index (κ3) is 3.09. The number of rotatable bonds is 4. The van der Waals surface area contributed by atoms with E-state index in [9.17, 15) is 4.79 Å². The van der Waals surface area contributed by atoms with Gasteiger partial charge in [0.25, 0.3) is 5.91 Å². The molecule has 6 nitrogen and oxygen atoms in total. The van der Waals surface area contributed by atoms with Gasteiger partial charge in [0.15, 0.2) is 0 Å². The molecule has 0 aliphatic heterocycles. The summed E-state index contributed by atoms with van der Waals surface area (Å²) in [5.74, 6) is -0.148. The highest BCUT2D eigenvalue weighted by Gasteiger charge is 2.13. The highest BCUT2D eigenvalue weighted by Crippen LogP contribution is 2.21. The number of aromatic nitrogens is 2. The molecule has 0 saturated heterocycles. The monoisotopic (exact) mass is 273 g/mol. The standard InChI is InChI=1S/C14H19N5O/c1-18(2)13-5-4-11(15)6-12(13)14(20)16-7-10-8-17-19(3)9-10/h4-6,8-9H,7,15H2,1-3H3,(H,16,20). The van der Waals surface area contributed by atoms with Gasteiger partial charge in [-0.3, -0.25) is 9.48 Å². The second-order valence-electron chi connectivity index (χ2n) is 4.88. The van der Waals surface area contributed by atoms with Gasteiger partial charge in [-0.15, -0.1) is 0 Å². The van der Waals surface area contributed by atoms with Crippen LogP contribution in [0.4, 0.5) is 11.4 Å². The molecular weight excluding hydrogens is 254 g/mol. The zero-order chi connectivity index (χ0) is 14.7. The van der Waals surface area contributed by atoms with E-state index in [-0.39, 0.29) is 5.91 Å². The van der Waals surface area contributed by atoms with Crippen LogP contribution in [0.15, 0.2) is 30.6 Å². The van der Waals surface area contributed by atoms with Crippen LogP contribution in [0.5, 0.6) is 0 Å². The number of nitrogens with two attached hydrogens (primary N) is 1. The first-order valence-corrected chi connectivity index (χ1v) is 6.30. The summed E-state index contributed by atoms with van der Waals surface area (Å²) >= 11 is 0. The number of amides is 1. The molecule has 0 aliphatic carbocycles. The zero-order valence-corrected chi connectivity index (χ0v) is 11.9. The second-order valence-corrected chi connectivity index (χ2v) is 4.88. The van der Waals surface area contributed by atoms with E-state index in [0.29, 0.717) is 17.8 Å². The molecule has 3 N–H and O–H groups in total. The molecule has 20 heavy (non-hydrogen) atoms. The van der Waals surface area contributed by atoms with Crippen LogP contribution in [-0.4, -0.2) is 29.8 Å². The van der Waals surface area contributed by atoms with E-state index >= 15 is 0 Å². The Balaban J connectivity index is 2.14. The fraction of sp³-hybridized carbons (Fsp3) is 0.286. The van der Waals surface area contributed by atoms with E-state index in [0.717, 1.165) is 11.3 Å².